The molecular weight excluding hydrogens is 374 g/mol. The highest BCUT2D eigenvalue weighted by atomic mass is 16.2. The molecule has 1 aromatic carbocycles. The van der Waals surface area contributed by atoms with Crippen LogP contribution in [0.5, 0.6) is 0 Å². The predicted octanol–water partition coefficient (Wildman–Crippen LogP) is 2.51. The summed E-state index contributed by atoms with van der Waals surface area (Å²) in [4.78, 5) is 21.4. The largest absolute Gasteiger partial charge is 0.356 e. The average molecular weight is 414 g/mol. The molecule has 2 aliphatic rings. The first-order valence-electron chi connectivity index (χ1n) is 11.5. The van der Waals surface area contributed by atoms with Gasteiger partial charge in [0.25, 0.3) is 0 Å². The van der Waals surface area contributed by atoms with Crippen LogP contribution in [-0.2, 0) is 11.2 Å². The molecule has 166 valence electrons. The lowest BCUT2D eigenvalue weighted by Gasteiger charge is -2.41. The lowest BCUT2D eigenvalue weighted by atomic mass is 9.98. The number of rotatable bonds is 8. The summed E-state index contributed by atoms with van der Waals surface area (Å²) in [5.74, 6) is 1.43. The van der Waals surface area contributed by atoms with Crippen molar-refractivity contribution in [2.75, 3.05) is 46.3 Å². The van der Waals surface area contributed by atoms with Crippen LogP contribution in [0.1, 0.15) is 45.1 Å². The van der Waals surface area contributed by atoms with Gasteiger partial charge in [0.2, 0.25) is 5.91 Å². The topological polar surface area (TPSA) is 60.0 Å². The van der Waals surface area contributed by atoms with Crippen LogP contribution in [0, 0.1) is 5.92 Å². The molecule has 2 N–H and O–H groups in total. The van der Waals surface area contributed by atoms with Gasteiger partial charge in [0.05, 0.1) is 0 Å². The molecule has 3 rings (SSSR count). The third-order valence-corrected chi connectivity index (χ3v) is 6.49. The van der Waals surface area contributed by atoms with Gasteiger partial charge >= 0.3 is 0 Å². The SMILES string of the molecule is CN=C(NCC1CC(=O)N(CCc2ccccc2)C1)NCC(C)(C)N1CCCCC1. The van der Waals surface area contributed by atoms with E-state index in [2.05, 4.69) is 58.6 Å². The zero-order valence-corrected chi connectivity index (χ0v) is 19.0. The molecule has 2 aliphatic heterocycles. The fraction of sp³-hybridized carbons (Fsp3) is 0.667. The second kappa shape index (κ2) is 10.8. The van der Waals surface area contributed by atoms with Gasteiger partial charge < -0.3 is 15.5 Å². The molecule has 30 heavy (non-hydrogen) atoms. The van der Waals surface area contributed by atoms with Crippen molar-refractivity contribution in [1.82, 2.24) is 20.4 Å². The van der Waals surface area contributed by atoms with Gasteiger partial charge in [0.1, 0.15) is 0 Å². The standard InChI is InChI=1S/C24H39N5O/c1-24(2,29-13-8-5-9-14-29)19-27-23(25-3)26-17-21-16-22(30)28(18-21)15-12-20-10-6-4-7-11-20/h4,6-7,10-11,21H,5,8-9,12-19H2,1-3H3,(H2,25,26,27). The van der Waals surface area contributed by atoms with Gasteiger partial charge in [-0.25, -0.2) is 0 Å². The Kier molecular flexibility index (Phi) is 8.14. The van der Waals surface area contributed by atoms with Crippen LogP contribution in [0.2, 0.25) is 0 Å². The number of nitrogens with one attached hydrogen (secondary N) is 2. The summed E-state index contributed by atoms with van der Waals surface area (Å²) in [5, 5.41) is 6.94. The van der Waals surface area contributed by atoms with E-state index >= 15 is 0 Å². The van der Waals surface area contributed by atoms with Gasteiger partial charge in [0, 0.05) is 51.1 Å². The van der Waals surface area contributed by atoms with E-state index in [-0.39, 0.29) is 11.4 Å². The van der Waals surface area contributed by atoms with E-state index in [9.17, 15) is 4.79 Å². The molecule has 1 amide bonds. The van der Waals surface area contributed by atoms with Crippen LogP contribution >= 0.6 is 0 Å². The zero-order chi connectivity index (χ0) is 21.4. The minimum atomic E-state index is 0.107. The molecule has 0 aromatic heterocycles. The van der Waals surface area contributed by atoms with Crippen molar-refractivity contribution >= 4 is 11.9 Å². The number of carbonyl (C=O) groups is 1. The number of piperidine rings is 1. The zero-order valence-electron chi connectivity index (χ0n) is 19.0. The number of hydrogen-bond donors (Lipinski definition) is 2. The predicted molar refractivity (Wildman–Crippen MR) is 124 cm³/mol. The molecule has 6 nitrogen and oxygen atoms in total. The minimum Gasteiger partial charge on any atom is -0.356 e. The summed E-state index contributed by atoms with van der Waals surface area (Å²) in [6.07, 6.45) is 5.49. The fourth-order valence-corrected chi connectivity index (χ4v) is 4.49. The molecule has 2 saturated heterocycles. The van der Waals surface area contributed by atoms with Crippen LogP contribution in [0.4, 0.5) is 0 Å². The summed E-state index contributed by atoms with van der Waals surface area (Å²) >= 11 is 0. The van der Waals surface area contributed by atoms with Crippen LogP contribution in [0.15, 0.2) is 35.3 Å². The number of guanidine groups is 1. The van der Waals surface area contributed by atoms with Gasteiger partial charge in [-0.15, -0.1) is 0 Å². The van der Waals surface area contributed by atoms with E-state index < -0.39 is 0 Å². The first kappa shape index (κ1) is 22.6. The van der Waals surface area contributed by atoms with Crippen LogP contribution in [-0.4, -0.2) is 73.5 Å². The van der Waals surface area contributed by atoms with Crippen molar-refractivity contribution in [2.24, 2.45) is 10.9 Å². The first-order valence-corrected chi connectivity index (χ1v) is 11.5. The molecular formula is C24H39N5O. The van der Waals surface area contributed by atoms with Crippen LogP contribution < -0.4 is 10.6 Å². The quantitative estimate of drug-likeness (QED) is 0.508. The summed E-state index contributed by atoms with van der Waals surface area (Å²) in [6.45, 7) is 10.2. The van der Waals surface area contributed by atoms with E-state index in [1.807, 2.05) is 18.0 Å². The third kappa shape index (κ3) is 6.46. The monoisotopic (exact) mass is 413 g/mol. The minimum absolute atomic E-state index is 0.107. The van der Waals surface area contributed by atoms with E-state index in [1.54, 1.807) is 0 Å². The summed E-state index contributed by atoms with van der Waals surface area (Å²) in [6, 6.07) is 10.4. The Bertz CT molecular complexity index is 697. The maximum atomic E-state index is 12.4. The molecule has 0 spiro atoms. The number of hydrogen-bond acceptors (Lipinski definition) is 3. The van der Waals surface area contributed by atoms with Gasteiger partial charge in [-0.3, -0.25) is 14.7 Å². The number of nitrogens with zero attached hydrogens (tertiary/aromatic N) is 3. The van der Waals surface area contributed by atoms with E-state index in [1.165, 1.54) is 37.9 Å². The average Bonchev–Trinajstić information content (AvgIpc) is 3.13. The Labute approximate surface area is 182 Å². The third-order valence-electron chi connectivity index (χ3n) is 6.49. The Hall–Kier alpha value is -2.08. The molecule has 1 atom stereocenters. The van der Waals surface area contributed by atoms with E-state index in [0.29, 0.717) is 12.3 Å². The highest BCUT2D eigenvalue weighted by Crippen LogP contribution is 2.20. The highest BCUT2D eigenvalue weighted by Gasteiger charge is 2.30. The normalized spacial score (nSPS) is 21.2. The molecule has 1 aromatic rings. The maximum Gasteiger partial charge on any atom is 0.223 e. The highest BCUT2D eigenvalue weighted by molar-refractivity contribution is 5.81. The van der Waals surface area contributed by atoms with Gasteiger partial charge in [-0.1, -0.05) is 36.8 Å². The second-order valence-corrected chi connectivity index (χ2v) is 9.31. The lowest BCUT2D eigenvalue weighted by Crippen LogP contribution is -2.55. The fourth-order valence-electron chi connectivity index (χ4n) is 4.49. The maximum absolute atomic E-state index is 12.4. The Morgan fingerprint density at radius 1 is 1.13 bits per heavy atom. The van der Waals surface area contributed by atoms with Crippen molar-refractivity contribution in [3.63, 3.8) is 0 Å². The molecule has 0 bridgehead atoms. The van der Waals surface area contributed by atoms with Crippen molar-refractivity contribution in [3.05, 3.63) is 35.9 Å². The molecule has 2 fully saturated rings. The number of amides is 1. The number of carbonyl (C=O) groups excluding carboxylic acids is 1. The smallest absolute Gasteiger partial charge is 0.223 e. The van der Waals surface area contributed by atoms with Crippen molar-refractivity contribution in [1.29, 1.82) is 0 Å². The first-order chi connectivity index (χ1) is 14.5. The second-order valence-electron chi connectivity index (χ2n) is 9.31. The molecule has 6 heteroatoms. The summed E-state index contributed by atoms with van der Waals surface area (Å²) < 4.78 is 0. The number of likely N-dealkylation sites (tertiary alicyclic amines) is 2. The summed E-state index contributed by atoms with van der Waals surface area (Å²) in [5.41, 5.74) is 1.39. The summed E-state index contributed by atoms with van der Waals surface area (Å²) in [7, 11) is 1.81. The Morgan fingerprint density at radius 3 is 2.57 bits per heavy atom. The molecule has 0 radical (unpaired) electrons. The van der Waals surface area contributed by atoms with Crippen LogP contribution in [0.25, 0.3) is 0 Å². The van der Waals surface area contributed by atoms with Crippen LogP contribution in [0.3, 0.4) is 0 Å². The molecule has 2 heterocycles. The lowest BCUT2D eigenvalue weighted by molar-refractivity contribution is -0.127. The van der Waals surface area contributed by atoms with Crippen molar-refractivity contribution in [3.8, 4) is 0 Å². The van der Waals surface area contributed by atoms with Gasteiger partial charge in [-0.05, 0) is 51.8 Å². The number of benzene rings is 1. The molecule has 0 saturated carbocycles. The van der Waals surface area contributed by atoms with Gasteiger partial charge in [-0.2, -0.15) is 0 Å². The van der Waals surface area contributed by atoms with Crippen molar-refractivity contribution < 1.29 is 4.79 Å². The Morgan fingerprint density at radius 2 is 1.87 bits per heavy atom. The van der Waals surface area contributed by atoms with E-state index in [0.717, 1.165) is 38.6 Å². The van der Waals surface area contributed by atoms with Gasteiger partial charge in [0.15, 0.2) is 5.96 Å². The molecule has 0 aliphatic carbocycles. The van der Waals surface area contributed by atoms with Crippen molar-refractivity contribution in [2.45, 2.75) is 51.5 Å². The van der Waals surface area contributed by atoms with E-state index in [4.69, 9.17) is 0 Å². The number of aliphatic imine (C=N–C) groups is 1. The Balaban J connectivity index is 1.40. The molecule has 1 unspecified atom stereocenters.